The van der Waals surface area contributed by atoms with Gasteiger partial charge in [-0.05, 0) is 62.5 Å². The summed E-state index contributed by atoms with van der Waals surface area (Å²) in [4.78, 5) is 42.5. The Bertz CT molecular complexity index is 1350. The Morgan fingerprint density at radius 2 is 1.82 bits per heavy atom. The number of carboxylic acid groups (broad SMARTS) is 1. The molecule has 216 valence electrons. The first kappa shape index (κ1) is 29.2. The van der Waals surface area contributed by atoms with Gasteiger partial charge in [0.15, 0.2) is 5.69 Å². The molecule has 0 bridgehead atoms. The zero-order valence-electron chi connectivity index (χ0n) is 24.0. The van der Waals surface area contributed by atoms with Crippen molar-refractivity contribution in [3.63, 3.8) is 0 Å². The van der Waals surface area contributed by atoms with Crippen molar-refractivity contribution < 1.29 is 23.9 Å². The van der Waals surface area contributed by atoms with Gasteiger partial charge in [-0.25, -0.2) is 14.6 Å². The quantitative estimate of drug-likeness (QED) is 0.284. The smallest absolute Gasteiger partial charge is 0.358 e. The molecule has 10 heteroatoms. The monoisotopic (exact) mass is 551 g/mol. The lowest BCUT2D eigenvalue weighted by Crippen LogP contribution is -2.53. The highest BCUT2D eigenvalue weighted by atomic mass is 16.4. The summed E-state index contributed by atoms with van der Waals surface area (Å²) in [6, 6.07) is 6.14. The van der Waals surface area contributed by atoms with Gasteiger partial charge in [-0.2, -0.15) is 0 Å². The Morgan fingerprint density at radius 3 is 2.48 bits per heavy atom. The van der Waals surface area contributed by atoms with Crippen LogP contribution in [-0.2, 0) is 18.3 Å². The second-order valence-corrected chi connectivity index (χ2v) is 11.6. The molecule has 1 aliphatic carbocycles. The lowest BCUT2D eigenvalue weighted by Gasteiger charge is -2.28. The van der Waals surface area contributed by atoms with Crippen molar-refractivity contribution >= 4 is 28.8 Å². The summed E-state index contributed by atoms with van der Waals surface area (Å²) >= 11 is 0. The fourth-order valence-corrected chi connectivity index (χ4v) is 5.54. The molecule has 1 unspecified atom stereocenters. The average molecular weight is 552 g/mol. The van der Waals surface area contributed by atoms with Crippen LogP contribution in [0.3, 0.4) is 0 Å². The number of aryl methyl sites for hydroxylation is 2. The number of aromatic carboxylic acids is 1. The molecule has 1 aliphatic rings. The van der Waals surface area contributed by atoms with Crippen LogP contribution in [0, 0.1) is 18.8 Å². The molecular weight excluding hydrogens is 510 g/mol. The Labute approximate surface area is 234 Å². The summed E-state index contributed by atoms with van der Waals surface area (Å²) < 4.78 is 7.77. The molecule has 0 aliphatic heterocycles. The molecule has 1 aromatic carbocycles. The lowest BCUT2D eigenvalue weighted by molar-refractivity contribution is -0.124. The predicted octanol–water partition coefficient (Wildman–Crippen LogP) is 4.87. The third kappa shape index (κ3) is 7.03. The van der Waals surface area contributed by atoms with E-state index in [-0.39, 0.29) is 41.2 Å². The third-order valence-electron chi connectivity index (χ3n) is 7.71. The Kier molecular flexibility index (Phi) is 9.17. The highest BCUT2D eigenvalue weighted by Crippen LogP contribution is 2.27. The molecule has 40 heavy (non-hydrogen) atoms. The van der Waals surface area contributed by atoms with E-state index in [9.17, 15) is 19.5 Å². The number of hydrogen-bond donors (Lipinski definition) is 4. The molecule has 4 N–H and O–H groups in total. The van der Waals surface area contributed by atoms with Crippen molar-refractivity contribution in [3.05, 3.63) is 53.4 Å². The van der Waals surface area contributed by atoms with Gasteiger partial charge < -0.3 is 30.0 Å². The number of oxazole rings is 1. The number of para-hydroxylation sites is 1. The summed E-state index contributed by atoms with van der Waals surface area (Å²) in [7, 11) is 1.95. The van der Waals surface area contributed by atoms with Crippen molar-refractivity contribution in [3.8, 4) is 0 Å². The molecule has 2 atom stereocenters. The minimum Gasteiger partial charge on any atom is -0.476 e. The van der Waals surface area contributed by atoms with E-state index in [1.165, 1.54) is 6.92 Å². The molecule has 0 radical (unpaired) electrons. The van der Waals surface area contributed by atoms with Gasteiger partial charge in [-0.3, -0.25) is 4.79 Å². The number of carboxylic acids is 1. The SMILES string of the molecule is Cc1oc(C(Cc2cn(C)c3ccccc23)NC(=O)[C@H](CC(C)C)NC(=O)NC2CCC(C)CC2)nc1C(=O)O. The fraction of sp³-hybridized carbons (Fsp3) is 0.533. The summed E-state index contributed by atoms with van der Waals surface area (Å²) in [6.07, 6.45) is 6.76. The van der Waals surface area contributed by atoms with E-state index in [1.54, 1.807) is 0 Å². The molecule has 0 saturated heterocycles. The van der Waals surface area contributed by atoms with E-state index >= 15 is 0 Å². The normalized spacial score (nSPS) is 18.9. The van der Waals surface area contributed by atoms with E-state index in [0.717, 1.165) is 42.1 Å². The summed E-state index contributed by atoms with van der Waals surface area (Å²) in [5.41, 5.74) is 1.80. The van der Waals surface area contributed by atoms with Crippen LogP contribution in [0.25, 0.3) is 10.9 Å². The maximum atomic E-state index is 13.7. The molecule has 2 heterocycles. The topological polar surface area (TPSA) is 138 Å². The third-order valence-corrected chi connectivity index (χ3v) is 7.71. The average Bonchev–Trinajstić information content (AvgIpc) is 3.44. The zero-order chi connectivity index (χ0) is 29.0. The zero-order valence-corrected chi connectivity index (χ0v) is 24.0. The summed E-state index contributed by atoms with van der Waals surface area (Å²) in [5, 5.41) is 19.5. The van der Waals surface area contributed by atoms with Crippen LogP contribution in [0.2, 0.25) is 0 Å². The number of urea groups is 1. The van der Waals surface area contributed by atoms with Crippen molar-refractivity contribution in [1.29, 1.82) is 0 Å². The number of carbonyl (C=O) groups excluding carboxylic acids is 2. The highest BCUT2D eigenvalue weighted by Gasteiger charge is 2.30. The minimum atomic E-state index is -1.20. The van der Waals surface area contributed by atoms with Crippen LogP contribution in [0.1, 0.15) is 86.6 Å². The molecule has 4 rings (SSSR count). The predicted molar refractivity (Wildman–Crippen MR) is 152 cm³/mol. The van der Waals surface area contributed by atoms with Gasteiger partial charge in [-0.15, -0.1) is 0 Å². The number of carbonyl (C=O) groups is 3. The first-order valence-corrected chi connectivity index (χ1v) is 14.1. The Morgan fingerprint density at radius 1 is 1.12 bits per heavy atom. The van der Waals surface area contributed by atoms with Gasteiger partial charge >= 0.3 is 12.0 Å². The molecule has 10 nitrogen and oxygen atoms in total. The lowest BCUT2D eigenvalue weighted by atomic mass is 9.87. The van der Waals surface area contributed by atoms with Crippen LogP contribution in [0.5, 0.6) is 0 Å². The first-order chi connectivity index (χ1) is 19.0. The number of amides is 3. The van der Waals surface area contributed by atoms with Crippen molar-refractivity contribution in [2.75, 3.05) is 0 Å². The van der Waals surface area contributed by atoms with Crippen LogP contribution >= 0.6 is 0 Å². The number of rotatable bonds is 10. The molecule has 3 amide bonds. The van der Waals surface area contributed by atoms with Crippen molar-refractivity contribution in [2.24, 2.45) is 18.9 Å². The first-order valence-electron chi connectivity index (χ1n) is 14.1. The van der Waals surface area contributed by atoms with Gasteiger partial charge in [0.1, 0.15) is 17.8 Å². The van der Waals surface area contributed by atoms with Gasteiger partial charge in [-0.1, -0.05) is 39.0 Å². The van der Waals surface area contributed by atoms with Gasteiger partial charge in [0.2, 0.25) is 11.8 Å². The summed E-state index contributed by atoms with van der Waals surface area (Å²) in [6.45, 7) is 7.75. The van der Waals surface area contributed by atoms with Crippen LogP contribution in [0.4, 0.5) is 4.79 Å². The van der Waals surface area contributed by atoms with E-state index in [4.69, 9.17) is 4.42 Å². The van der Waals surface area contributed by atoms with Crippen LogP contribution in [-0.4, -0.2) is 44.6 Å². The second-order valence-electron chi connectivity index (χ2n) is 11.6. The number of nitrogens with zero attached hydrogens (tertiary/aromatic N) is 2. The van der Waals surface area contributed by atoms with E-state index < -0.39 is 18.1 Å². The maximum absolute atomic E-state index is 13.7. The maximum Gasteiger partial charge on any atom is 0.358 e. The molecular formula is C30H41N5O5. The Balaban J connectivity index is 1.56. The van der Waals surface area contributed by atoms with E-state index in [1.807, 2.05) is 55.9 Å². The fourth-order valence-electron chi connectivity index (χ4n) is 5.54. The standard InChI is InChI=1S/C30H41N5O5/c1-17(2)14-23(33-30(39)31-21-12-10-18(3)11-13-21)27(36)32-24(28-34-26(29(37)38)19(4)40-28)15-20-16-35(5)25-9-7-6-8-22(20)25/h6-9,16-18,21,23-24H,10-15H2,1-5H3,(H,32,36)(H,37,38)(H2,31,33,39)/t18?,21?,23-,24?/m0/s1. The molecule has 0 spiro atoms. The van der Waals surface area contributed by atoms with Crippen LogP contribution < -0.4 is 16.0 Å². The highest BCUT2D eigenvalue weighted by molar-refractivity contribution is 5.88. The van der Waals surface area contributed by atoms with E-state index in [2.05, 4.69) is 27.9 Å². The number of fused-ring (bicyclic) bond motifs is 1. The molecule has 1 fully saturated rings. The van der Waals surface area contributed by atoms with Gasteiger partial charge in [0, 0.05) is 36.6 Å². The van der Waals surface area contributed by atoms with E-state index in [0.29, 0.717) is 18.8 Å². The van der Waals surface area contributed by atoms with Crippen molar-refractivity contribution in [2.45, 2.75) is 84.3 Å². The number of benzene rings is 1. The number of hydrogen-bond acceptors (Lipinski definition) is 5. The van der Waals surface area contributed by atoms with Crippen molar-refractivity contribution in [1.82, 2.24) is 25.5 Å². The number of aromatic nitrogens is 2. The van der Waals surface area contributed by atoms with Gasteiger partial charge in [0.25, 0.3) is 0 Å². The summed E-state index contributed by atoms with van der Waals surface area (Å²) in [5.74, 6) is -0.488. The molecule has 2 aromatic heterocycles. The number of nitrogens with one attached hydrogen (secondary N) is 3. The molecule has 1 saturated carbocycles. The second kappa shape index (κ2) is 12.6. The Hall–Kier alpha value is -3.82. The minimum absolute atomic E-state index is 0.0998. The van der Waals surface area contributed by atoms with Crippen LogP contribution in [0.15, 0.2) is 34.9 Å². The largest absolute Gasteiger partial charge is 0.476 e. The molecule has 3 aromatic rings. The van der Waals surface area contributed by atoms with Gasteiger partial charge in [0.05, 0.1) is 0 Å².